The topological polar surface area (TPSA) is 77.6 Å². The highest BCUT2D eigenvalue weighted by atomic mass is 35.5. The van der Waals surface area contributed by atoms with Crippen molar-refractivity contribution in [3.8, 4) is 0 Å². The predicted octanol–water partition coefficient (Wildman–Crippen LogP) is 4.71. The summed E-state index contributed by atoms with van der Waals surface area (Å²) in [5.74, 6) is -0.0392. The first-order valence-corrected chi connectivity index (χ1v) is 11.5. The maximum atomic E-state index is 13.0. The summed E-state index contributed by atoms with van der Waals surface area (Å²) in [6, 6.07) is 16.8. The van der Waals surface area contributed by atoms with Gasteiger partial charge in [-0.25, -0.2) is 9.78 Å². The van der Waals surface area contributed by atoms with E-state index < -0.39 is 6.03 Å². The molecule has 166 valence electrons. The average Bonchev–Trinajstić information content (AvgIpc) is 3.14. The molecule has 0 unspecified atom stereocenters. The van der Waals surface area contributed by atoms with Crippen LogP contribution in [0, 0.1) is 6.92 Å². The van der Waals surface area contributed by atoms with Gasteiger partial charge in [0.25, 0.3) is 5.91 Å². The smallest absolute Gasteiger partial charge is 0.325 e. The van der Waals surface area contributed by atoms with Crippen LogP contribution in [0.15, 0.2) is 54.6 Å². The Morgan fingerprint density at radius 1 is 1.03 bits per heavy atom. The minimum atomic E-state index is -0.436. The number of thiazole rings is 1. The minimum absolute atomic E-state index is 0.0392. The van der Waals surface area contributed by atoms with Gasteiger partial charge in [0.1, 0.15) is 4.88 Å². The molecular formula is C23H24ClN5O2S. The third kappa shape index (κ3) is 5.64. The normalized spacial score (nSPS) is 14.2. The number of benzene rings is 2. The molecular weight excluding hydrogens is 446 g/mol. The van der Waals surface area contributed by atoms with Crippen molar-refractivity contribution < 1.29 is 9.59 Å². The molecule has 4 rings (SSSR count). The third-order valence-electron chi connectivity index (χ3n) is 5.20. The number of piperazine rings is 1. The number of amides is 3. The molecule has 0 atom stereocenters. The number of nitrogens with one attached hydrogen (secondary N) is 2. The Morgan fingerprint density at radius 2 is 1.78 bits per heavy atom. The van der Waals surface area contributed by atoms with Crippen LogP contribution >= 0.6 is 22.9 Å². The van der Waals surface area contributed by atoms with Crippen molar-refractivity contribution in [2.45, 2.75) is 13.5 Å². The van der Waals surface area contributed by atoms with Gasteiger partial charge in [0, 0.05) is 43.4 Å². The van der Waals surface area contributed by atoms with Gasteiger partial charge in [-0.3, -0.25) is 15.0 Å². The highest BCUT2D eigenvalue weighted by molar-refractivity contribution is 7.17. The Bertz CT molecular complexity index is 1100. The monoisotopic (exact) mass is 469 g/mol. The Kier molecular flexibility index (Phi) is 7.04. The SMILES string of the molecule is Cc1nc(NC(=O)Nc2cccc(Cl)c2)sc1C(=O)N1CCN(Cc2ccccc2)CC1. The lowest BCUT2D eigenvalue weighted by Gasteiger charge is -2.34. The van der Waals surface area contributed by atoms with Crippen molar-refractivity contribution in [3.05, 3.63) is 75.8 Å². The number of hydrogen-bond donors (Lipinski definition) is 2. The van der Waals surface area contributed by atoms with E-state index in [4.69, 9.17) is 11.6 Å². The number of halogens is 1. The van der Waals surface area contributed by atoms with E-state index in [9.17, 15) is 9.59 Å². The van der Waals surface area contributed by atoms with Crippen LogP contribution in [0.3, 0.4) is 0 Å². The lowest BCUT2D eigenvalue weighted by Crippen LogP contribution is -2.48. The number of rotatable bonds is 5. The van der Waals surface area contributed by atoms with Crippen molar-refractivity contribution in [2.75, 3.05) is 36.8 Å². The molecule has 1 saturated heterocycles. The fourth-order valence-electron chi connectivity index (χ4n) is 3.57. The van der Waals surface area contributed by atoms with Gasteiger partial charge in [-0.2, -0.15) is 0 Å². The van der Waals surface area contributed by atoms with E-state index in [1.807, 2.05) is 23.1 Å². The number of anilines is 2. The number of aryl methyl sites for hydroxylation is 1. The molecule has 9 heteroatoms. The van der Waals surface area contributed by atoms with Gasteiger partial charge >= 0.3 is 6.03 Å². The summed E-state index contributed by atoms with van der Waals surface area (Å²) in [6.45, 7) is 5.66. The van der Waals surface area contributed by atoms with Crippen LogP contribution in [0.25, 0.3) is 0 Å². The fraction of sp³-hybridized carbons (Fsp3) is 0.261. The van der Waals surface area contributed by atoms with Crippen molar-refractivity contribution in [1.29, 1.82) is 0 Å². The van der Waals surface area contributed by atoms with Crippen molar-refractivity contribution in [3.63, 3.8) is 0 Å². The first-order valence-electron chi connectivity index (χ1n) is 10.3. The molecule has 2 N–H and O–H groups in total. The Morgan fingerprint density at radius 3 is 2.50 bits per heavy atom. The van der Waals surface area contributed by atoms with Crippen LogP contribution in [0.4, 0.5) is 15.6 Å². The summed E-state index contributed by atoms with van der Waals surface area (Å²) >= 11 is 7.14. The second-order valence-corrected chi connectivity index (χ2v) is 9.01. The number of nitrogens with zero attached hydrogens (tertiary/aromatic N) is 3. The molecule has 1 fully saturated rings. The zero-order valence-corrected chi connectivity index (χ0v) is 19.2. The van der Waals surface area contributed by atoms with Crippen LogP contribution in [-0.2, 0) is 6.54 Å². The molecule has 32 heavy (non-hydrogen) atoms. The summed E-state index contributed by atoms with van der Waals surface area (Å²) in [4.78, 5) is 34.4. The Balaban J connectivity index is 1.32. The largest absolute Gasteiger partial charge is 0.335 e. The third-order valence-corrected chi connectivity index (χ3v) is 6.50. The second kappa shape index (κ2) is 10.1. The maximum absolute atomic E-state index is 13.0. The first-order chi connectivity index (χ1) is 15.5. The van der Waals surface area contributed by atoms with Crippen molar-refractivity contribution in [2.24, 2.45) is 0 Å². The molecule has 0 aliphatic carbocycles. The van der Waals surface area contributed by atoms with Gasteiger partial charge in [0.15, 0.2) is 5.13 Å². The molecule has 1 aromatic heterocycles. The van der Waals surface area contributed by atoms with E-state index >= 15 is 0 Å². The number of carbonyl (C=O) groups is 2. The molecule has 1 aliphatic heterocycles. The number of hydrogen-bond acceptors (Lipinski definition) is 5. The highest BCUT2D eigenvalue weighted by Gasteiger charge is 2.25. The van der Waals surface area contributed by atoms with E-state index in [0.29, 0.717) is 39.5 Å². The van der Waals surface area contributed by atoms with E-state index in [1.54, 1.807) is 31.2 Å². The zero-order chi connectivity index (χ0) is 22.5. The molecule has 0 saturated carbocycles. The zero-order valence-electron chi connectivity index (χ0n) is 17.7. The van der Waals surface area contributed by atoms with Crippen LogP contribution in [0.5, 0.6) is 0 Å². The standard InChI is InChI=1S/C23H24ClN5O2S/c1-16-20(32-23(25-16)27-22(31)26-19-9-5-8-18(24)14-19)21(30)29-12-10-28(11-13-29)15-17-6-3-2-4-7-17/h2-9,14H,10-13,15H2,1H3,(H2,25,26,27,31). The molecule has 2 aromatic carbocycles. The summed E-state index contributed by atoms with van der Waals surface area (Å²) < 4.78 is 0. The Labute approximate surface area is 196 Å². The molecule has 1 aliphatic rings. The van der Waals surface area contributed by atoms with E-state index in [1.165, 1.54) is 16.9 Å². The van der Waals surface area contributed by atoms with Gasteiger partial charge in [-0.15, -0.1) is 0 Å². The fourth-order valence-corrected chi connectivity index (χ4v) is 4.69. The quantitative estimate of drug-likeness (QED) is 0.567. The Hall–Kier alpha value is -2.94. The molecule has 7 nitrogen and oxygen atoms in total. The molecule has 3 aromatic rings. The van der Waals surface area contributed by atoms with Crippen molar-refractivity contribution >= 4 is 45.7 Å². The predicted molar refractivity (Wildman–Crippen MR) is 129 cm³/mol. The van der Waals surface area contributed by atoms with Gasteiger partial charge in [-0.1, -0.05) is 59.3 Å². The molecule has 2 heterocycles. The van der Waals surface area contributed by atoms with Crippen LogP contribution in [-0.4, -0.2) is 52.9 Å². The number of carbonyl (C=O) groups excluding carboxylic acids is 2. The highest BCUT2D eigenvalue weighted by Crippen LogP contribution is 2.25. The summed E-state index contributed by atoms with van der Waals surface area (Å²) in [5, 5.41) is 6.32. The minimum Gasteiger partial charge on any atom is -0.335 e. The number of urea groups is 1. The average molecular weight is 470 g/mol. The second-order valence-electron chi connectivity index (χ2n) is 7.58. The van der Waals surface area contributed by atoms with Gasteiger partial charge in [0.05, 0.1) is 5.69 Å². The maximum Gasteiger partial charge on any atom is 0.325 e. The lowest BCUT2D eigenvalue weighted by molar-refractivity contribution is 0.0632. The van der Waals surface area contributed by atoms with Gasteiger partial charge in [-0.05, 0) is 30.7 Å². The summed E-state index contributed by atoms with van der Waals surface area (Å²) in [6.07, 6.45) is 0. The van der Waals surface area contributed by atoms with Crippen LogP contribution in [0.1, 0.15) is 20.9 Å². The van der Waals surface area contributed by atoms with E-state index in [0.717, 1.165) is 19.6 Å². The first kappa shape index (κ1) is 22.3. The molecule has 0 radical (unpaired) electrons. The molecule has 3 amide bonds. The summed E-state index contributed by atoms with van der Waals surface area (Å²) in [5.41, 5.74) is 2.47. The molecule has 0 bridgehead atoms. The van der Waals surface area contributed by atoms with E-state index in [-0.39, 0.29) is 5.91 Å². The lowest BCUT2D eigenvalue weighted by atomic mass is 10.2. The molecule has 0 spiro atoms. The van der Waals surface area contributed by atoms with Crippen LogP contribution in [0.2, 0.25) is 5.02 Å². The van der Waals surface area contributed by atoms with Gasteiger partial charge < -0.3 is 10.2 Å². The van der Waals surface area contributed by atoms with Crippen molar-refractivity contribution in [1.82, 2.24) is 14.8 Å². The van der Waals surface area contributed by atoms with E-state index in [2.05, 4.69) is 32.7 Å². The van der Waals surface area contributed by atoms with Gasteiger partial charge in [0.2, 0.25) is 0 Å². The van der Waals surface area contributed by atoms with Crippen LogP contribution < -0.4 is 10.6 Å². The number of aromatic nitrogens is 1. The summed E-state index contributed by atoms with van der Waals surface area (Å²) in [7, 11) is 0.